The highest BCUT2D eigenvalue weighted by atomic mass is 32.1. The van der Waals surface area contributed by atoms with Gasteiger partial charge in [0.05, 0.1) is 16.6 Å². The molecule has 0 spiro atoms. The molecule has 14 heteroatoms. The van der Waals surface area contributed by atoms with Crippen molar-refractivity contribution in [3.63, 3.8) is 0 Å². The summed E-state index contributed by atoms with van der Waals surface area (Å²) in [5.74, 6) is -0.370. The maximum absolute atomic E-state index is 12.7. The lowest BCUT2D eigenvalue weighted by molar-refractivity contribution is 0.0842. The third-order valence-electron chi connectivity index (χ3n) is 14.8. The minimum Gasteiger partial charge on any atom is -0.465 e. The lowest BCUT2D eigenvalue weighted by atomic mass is 9.93. The van der Waals surface area contributed by atoms with E-state index in [1.165, 1.54) is 22.3 Å². The zero-order valence-corrected chi connectivity index (χ0v) is 42.7. The quantitative estimate of drug-likeness (QED) is 0.0716. The van der Waals surface area contributed by atoms with Gasteiger partial charge in [0.25, 0.3) is 0 Å². The Morgan fingerprint density at radius 3 is 1.38 bits per heavy atom. The molecule has 8 aromatic rings. The number of oxazole rings is 1. The first-order chi connectivity index (χ1) is 36.2. The predicted molar refractivity (Wildman–Crippen MR) is 294 cm³/mol. The average Bonchev–Trinajstić information content (AvgIpc) is 3.95. The molecule has 2 saturated heterocycles. The van der Waals surface area contributed by atoms with E-state index in [1.807, 2.05) is 60.7 Å². The molecule has 2 unspecified atom stereocenters. The van der Waals surface area contributed by atoms with Gasteiger partial charge in [0.2, 0.25) is 0 Å². The summed E-state index contributed by atoms with van der Waals surface area (Å²) in [5.41, 5.74) is 8.57. The van der Waals surface area contributed by atoms with Gasteiger partial charge in [-0.1, -0.05) is 146 Å². The van der Waals surface area contributed by atoms with Crippen LogP contribution in [-0.4, -0.2) is 94.4 Å². The number of aromatic amines is 1. The van der Waals surface area contributed by atoms with Crippen LogP contribution in [0.5, 0.6) is 0 Å². The van der Waals surface area contributed by atoms with Crippen LogP contribution in [0.25, 0.3) is 22.1 Å². The van der Waals surface area contributed by atoms with E-state index < -0.39 is 12.2 Å². The molecule has 0 bridgehead atoms. The van der Waals surface area contributed by atoms with Crippen molar-refractivity contribution in [1.29, 1.82) is 0 Å². The van der Waals surface area contributed by atoms with Crippen LogP contribution in [0, 0.1) is 4.77 Å². The molecule has 2 fully saturated rings. The maximum Gasteiger partial charge on any atom is 0.420 e. The minimum absolute atomic E-state index is 0.0258. The first-order valence-electron chi connectivity index (χ1n) is 26.1. The first-order valence-corrected chi connectivity index (χ1v) is 26.5. The molecule has 2 aliphatic rings. The molecule has 2 aliphatic heterocycles. The summed E-state index contributed by atoms with van der Waals surface area (Å²) in [6.07, 6.45) is 4.41. The van der Waals surface area contributed by atoms with E-state index in [1.54, 1.807) is 20.4 Å². The topological polar surface area (TPSA) is 143 Å². The van der Waals surface area contributed by atoms with Crippen LogP contribution >= 0.6 is 12.2 Å². The van der Waals surface area contributed by atoms with Gasteiger partial charge < -0.3 is 34.0 Å². The Balaban J connectivity index is 0.000000182. The Morgan fingerprint density at radius 2 is 0.932 bits per heavy atom. The third-order valence-corrected chi connectivity index (χ3v) is 15.1. The summed E-state index contributed by atoms with van der Waals surface area (Å²) in [4.78, 5) is 48.2. The molecular formula is C60H67N7O6S. The normalized spacial score (nSPS) is 17.9. The average molecular weight is 1010 g/mol. The summed E-state index contributed by atoms with van der Waals surface area (Å²) in [7, 11) is 0. The second kappa shape index (κ2) is 25.1. The number of nitrogens with zero attached hydrogens (tertiary/aromatic N) is 6. The number of carbonyl (C=O) groups is 2. The first kappa shape index (κ1) is 51.6. The number of amides is 2. The number of para-hydroxylation sites is 4. The maximum atomic E-state index is 12.7. The number of likely N-dealkylation sites (tertiary alicyclic amines) is 2. The molecule has 0 aliphatic carbocycles. The fourth-order valence-electron chi connectivity index (χ4n) is 11.2. The summed E-state index contributed by atoms with van der Waals surface area (Å²) < 4.78 is 10.1. The predicted octanol–water partition coefficient (Wildman–Crippen LogP) is 12.6. The Bertz CT molecular complexity index is 2870. The van der Waals surface area contributed by atoms with Crippen LogP contribution in [-0.2, 0) is 26.2 Å². The Hall–Kier alpha value is -7.26. The minimum atomic E-state index is -0.890. The molecule has 2 amide bonds. The molecule has 3 N–H and O–H groups in total. The van der Waals surface area contributed by atoms with Gasteiger partial charge in [-0.25, -0.2) is 14.4 Å². The highest BCUT2D eigenvalue weighted by molar-refractivity contribution is 7.71. The van der Waals surface area contributed by atoms with Crippen molar-refractivity contribution < 1.29 is 24.2 Å². The van der Waals surface area contributed by atoms with Crippen molar-refractivity contribution in [1.82, 2.24) is 33.7 Å². The largest absolute Gasteiger partial charge is 0.465 e. The SMILES string of the molecule is O=C(O)N1CC[C@H](n2c(=O)oc3ccccc32)CC1CCCN(Cc1ccccc1)Cc1ccccc1.O=C(O)N1CC[C@H](n2c(=S)[nH]c3ccccc32)CC1CCCN(Cc1ccccc1)Cc1ccccc1. The third kappa shape index (κ3) is 13.3. The van der Waals surface area contributed by atoms with Gasteiger partial charge in [0.1, 0.15) is 0 Å². The van der Waals surface area contributed by atoms with Crippen LogP contribution in [0.2, 0.25) is 0 Å². The standard InChI is InChI=1S/C30H34N4O2S.C30H33N3O4/c35-30(36)33-19-17-26(34-28-16-8-7-15-27(28)31-29(34)37)20-25(33)14-9-18-32(21-23-10-3-1-4-11-23)22-24-12-5-2-6-13-24;34-29(35)32-19-17-26(33-27-15-7-8-16-28(27)37-30(33)36)20-25(32)14-9-18-31(21-23-10-3-1-4-11-23)22-24-12-5-2-6-13-24/h1-8,10-13,15-16,25-26H,9,14,17-22H2,(H,31,37)(H,35,36);1-8,10-13,15-16,25-26H,9,14,17-22H2,(H,34,35)/t2*25?,26-/m00/s1. The second-order valence-electron chi connectivity index (χ2n) is 19.8. The van der Waals surface area contributed by atoms with E-state index in [4.69, 9.17) is 16.6 Å². The van der Waals surface area contributed by atoms with Crippen molar-refractivity contribution in [2.45, 2.75) is 102 Å². The van der Waals surface area contributed by atoms with E-state index in [2.05, 4.69) is 122 Å². The van der Waals surface area contributed by atoms with Gasteiger partial charge in [-0.05, 0) is 123 Å². The van der Waals surface area contributed by atoms with Gasteiger partial charge in [-0.3, -0.25) is 14.4 Å². The molecule has 4 atom stereocenters. The van der Waals surface area contributed by atoms with Crippen LogP contribution < -0.4 is 5.76 Å². The number of hydrogen-bond acceptors (Lipinski definition) is 7. The zero-order chi connectivity index (χ0) is 51.2. The molecule has 2 aromatic heterocycles. The van der Waals surface area contributed by atoms with Crippen LogP contribution in [0.1, 0.15) is 85.7 Å². The summed E-state index contributed by atoms with van der Waals surface area (Å²) in [6.45, 7) is 6.12. The molecule has 74 heavy (non-hydrogen) atoms. The molecule has 0 radical (unpaired) electrons. The van der Waals surface area contributed by atoms with Crippen molar-refractivity contribution in [3.8, 4) is 0 Å². The monoisotopic (exact) mass is 1010 g/mol. The summed E-state index contributed by atoms with van der Waals surface area (Å²) in [5, 5.41) is 19.8. The van der Waals surface area contributed by atoms with E-state index in [9.17, 15) is 24.6 Å². The van der Waals surface area contributed by atoms with Gasteiger partial charge in [-0.15, -0.1) is 0 Å². The number of imidazole rings is 1. The molecule has 0 saturated carbocycles. The molecule has 6 aromatic carbocycles. The number of benzene rings is 6. The fraction of sp³-hybridized carbons (Fsp3) is 0.333. The fourth-order valence-corrected chi connectivity index (χ4v) is 11.6. The number of rotatable bonds is 18. The van der Waals surface area contributed by atoms with E-state index in [0.717, 1.165) is 94.3 Å². The van der Waals surface area contributed by atoms with Gasteiger partial charge in [0.15, 0.2) is 10.4 Å². The molecule has 13 nitrogen and oxygen atoms in total. The highest BCUT2D eigenvalue weighted by Crippen LogP contribution is 2.34. The van der Waals surface area contributed by atoms with Crippen LogP contribution in [0.3, 0.4) is 0 Å². The number of fused-ring (bicyclic) bond motifs is 2. The number of carboxylic acid groups (broad SMARTS) is 2. The molecule has 10 rings (SSSR count). The van der Waals surface area contributed by atoms with Crippen molar-refractivity contribution in [3.05, 3.63) is 207 Å². The van der Waals surface area contributed by atoms with E-state index in [0.29, 0.717) is 36.3 Å². The van der Waals surface area contributed by atoms with Crippen LogP contribution in [0.15, 0.2) is 179 Å². The molecule has 4 heterocycles. The zero-order valence-electron chi connectivity index (χ0n) is 41.9. The second-order valence-corrected chi connectivity index (χ2v) is 20.2. The Labute approximate surface area is 437 Å². The summed E-state index contributed by atoms with van der Waals surface area (Å²) >= 11 is 5.67. The number of nitrogens with one attached hydrogen (secondary N) is 1. The molecule has 384 valence electrons. The lowest BCUT2D eigenvalue weighted by Gasteiger charge is -2.39. The van der Waals surface area contributed by atoms with E-state index >= 15 is 0 Å². The van der Waals surface area contributed by atoms with Crippen molar-refractivity contribution >= 4 is 46.5 Å². The van der Waals surface area contributed by atoms with E-state index in [-0.39, 0.29) is 29.9 Å². The molecular weight excluding hydrogens is 947 g/mol. The van der Waals surface area contributed by atoms with Crippen molar-refractivity contribution in [2.24, 2.45) is 0 Å². The van der Waals surface area contributed by atoms with Gasteiger partial charge >= 0.3 is 17.9 Å². The van der Waals surface area contributed by atoms with Crippen LogP contribution in [0.4, 0.5) is 9.59 Å². The Kier molecular flexibility index (Phi) is 17.5. The smallest absolute Gasteiger partial charge is 0.420 e. The number of aromatic nitrogens is 3. The highest BCUT2D eigenvalue weighted by Gasteiger charge is 2.35. The number of piperidine rings is 2. The lowest BCUT2D eigenvalue weighted by Crippen LogP contribution is -2.47. The number of hydrogen-bond donors (Lipinski definition) is 3. The van der Waals surface area contributed by atoms with Gasteiger partial charge in [0, 0.05) is 63.4 Å². The Morgan fingerprint density at radius 1 is 0.541 bits per heavy atom. The van der Waals surface area contributed by atoms with Gasteiger partial charge in [-0.2, -0.15) is 0 Å². The van der Waals surface area contributed by atoms with Crippen molar-refractivity contribution in [2.75, 3.05) is 26.2 Å². The summed E-state index contributed by atoms with van der Waals surface area (Å²) in [6, 6.07) is 57.5. The number of H-pyrrole nitrogens is 1.